The molecule has 0 aliphatic heterocycles. The van der Waals surface area contributed by atoms with Gasteiger partial charge in [-0.1, -0.05) is 0 Å². The Bertz CT molecular complexity index is 3.25. The summed E-state index contributed by atoms with van der Waals surface area (Å²) >= 11 is 0. The number of hydrogen-bond acceptors (Lipinski definition) is 0. The van der Waals surface area contributed by atoms with Gasteiger partial charge in [0.2, 0.25) is 0 Å². The molecule has 0 aromatic carbocycles. The minimum absolute atomic E-state index is 0. The first-order chi connectivity index (χ1) is 0. The van der Waals surface area contributed by atoms with Gasteiger partial charge in [0.15, 0.2) is 0 Å². The van der Waals surface area contributed by atoms with Crippen LogP contribution in [0.4, 0.5) is 0 Å². The van der Waals surface area contributed by atoms with Gasteiger partial charge in [0.1, 0.15) is 0 Å². The van der Waals surface area contributed by atoms with Gasteiger partial charge in [0.25, 0.3) is 0 Å². The summed E-state index contributed by atoms with van der Waals surface area (Å²) < 4.78 is 0. The Morgan fingerprint density at radius 1 is 0.500 bits per heavy atom. The normalized spacial score (nSPS) is 0. The maximum absolute atomic E-state index is 0. The van der Waals surface area contributed by atoms with E-state index in [1.807, 2.05) is 0 Å². The van der Waals surface area contributed by atoms with Crippen LogP contribution in [0, 0.1) is 35.6 Å². The van der Waals surface area contributed by atoms with E-state index in [-0.39, 0.29) is 85.1 Å². The van der Waals surface area contributed by atoms with Gasteiger partial charge in [-0.3, -0.25) is 0 Å². The molecule has 0 heterocycles. The summed E-state index contributed by atoms with van der Waals surface area (Å²) in [6, 6.07) is 0. The molecule has 0 aromatic heterocycles. The average Bonchev–Trinajstić information content (AvgIpc) is 0. The van der Waals surface area contributed by atoms with Gasteiger partial charge in [-0.2, -0.15) is 0 Å². The molecule has 0 saturated heterocycles. The van der Waals surface area contributed by atoms with Crippen molar-refractivity contribution in [3.8, 4) is 0 Å². The molecule has 0 amide bonds. The van der Waals surface area contributed by atoms with E-state index in [2.05, 4.69) is 0 Å². The first-order valence-electron chi connectivity index (χ1n) is 0. The van der Waals surface area contributed by atoms with Crippen molar-refractivity contribution in [2.75, 3.05) is 0 Å². The predicted octanol–water partition coefficient (Wildman–Crippen LogP) is -0.00750. The Balaban J connectivity index is 0. The second-order valence-corrected chi connectivity index (χ2v) is 0. The second kappa shape index (κ2) is 17.3. The van der Waals surface area contributed by atoms with Crippen molar-refractivity contribution in [2.45, 2.75) is 0 Å². The largest absolute Gasteiger partial charge is 3.00 e. The van der Waals surface area contributed by atoms with E-state index in [0.717, 1.165) is 0 Å². The minimum Gasteiger partial charge on any atom is 0 e. The summed E-state index contributed by atoms with van der Waals surface area (Å²) in [6.45, 7) is 0. The molecular formula is LaNi3+3. The Morgan fingerprint density at radius 2 is 0.500 bits per heavy atom. The molecule has 4 heavy (non-hydrogen) atoms. The van der Waals surface area contributed by atoms with Gasteiger partial charge < -0.3 is 0 Å². The molecule has 0 fully saturated rings. The van der Waals surface area contributed by atoms with Crippen LogP contribution in [0.1, 0.15) is 0 Å². The summed E-state index contributed by atoms with van der Waals surface area (Å²) in [5, 5.41) is 0. The van der Waals surface area contributed by atoms with Crippen LogP contribution in [0.2, 0.25) is 0 Å². The van der Waals surface area contributed by atoms with Crippen LogP contribution in [0.3, 0.4) is 0 Å². The summed E-state index contributed by atoms with van der Waals surface area (Å²) in [5.41, 5.74) is 0. The van der Waals surface area contributed by atoms with E-state index in [1.165, 1.54) is 0 Å². The van der Waals surface area contributed by atoms with Crippen molar-refractivity contribution >= 4 is 0 Å². The maximum atomic E-state index is 0. The molecule has 0 radical (unpaired) electrons. The third kappa shape index (κ3) is 8.82. The van der Waals surface area contributed by atoms with E-state index in [0.29, 0.717) is 0 Å². The predicted molar refractivity (Wildman–Crippen MR) is 0 cm³/mol. The SMILES string of the molecule is [La+3].[Ni].[Ni].[Ni]. The van der Waals surface area contributed by atoms with Gasteiger partial charge in [-0.05, 0) is 0 Å². The standard InChI is InChI=1S/La.3Ni/q+3;;;. The monoisotopic (exact) mass is 313 g/mol. The molecule has 0 bridgehead atoms. The molecule has 0 unspecified atom stereocenters. The molecule has 0 rings (SSSR count). The first kappa shape index (κ1) is 30.0. The van der Waals surface area contributed by atoms with Crippen LogP contribution >= 0.6 is 0 Å². The first-order valence-corrected chi connectivity index (χ1v) is 0. The summed E-state index contributed by atoms with van der Waals surface area (Å²) in [6.07, 6.45) is 0. The zero-order chi connectivity index (χ0) is 0. The molecule has 0 N–H and O–H groups in total. The molecule has 30 valence electrons. The number of rotatable bonds is 0. The fraction of sp³-hybridized carbons (Fsp3) is 0. The third-order valence-electron chi connectivity index (χ3n) is 0. The Labute approximate surface area is 83.6 Å². The Kier molecular flexibility index (Phi) is 130. The molecular weight excluding hydrogens is 315 g/mol. The van der Waals surface area contributed by atoms with Crippen LogP contribution < -0.4 is 0 Å². The zero-order valence-electron chi connectivity index (χ0n) is 1.53. The van der Waals surface area contributed by atoms with Crippen molar-refractivity contribution in [2.24, 2.45) is 0 Å². The molecule has 0 aromatic rings. The molecule has 0 nitrogen and oxygen atoms in total. The van der Waals surface area contributed by atoms with Crippen LogP contribution in [-0.4, -0.2) is 0 Å². The maximum Gasteiger partial charge on any atom is 3.00 e. The van der Waals surface area contributed by atoms with Crippen LogP contribution in [0.5, 0.6) is 0 Å². The molecule has 0 saturated carbocycles. The van der Waals surface area contributed by atoms with E-state index in [4.69, 9.17) is 0 Å². The minimum atomic E-state index is 0. The van der Waals surface area contributed by atoms with Crippen molar-refractivity contribution in [1.82, 2.24) is 0 Å². The zero-order valence-corrected chi connectivity index (χ0v) is 8.11. The van der Waals surface area contributed by atoms with E-state index in [1.54, 1.807) is 0 Å². The van der Waals surface area contributed by atoms with Gasteiger partial charge in [-0.25, -0.2) is 0 Å². The second-order valence-electron chi connectivity index (χ2n) is 0. The fourth-order valence-corrected chi connectivity index (χ4v) is 0. The van der Waals surface area contributed by atoms with Gasteiger partial charge >= 0.3 is 35.6 Å². The Hall–Kier alpha value is 2.68. The third-order valence-corrected chi connectivity index (χ3v) is 0. The van der Waals surface area contributed by atoms with Crippen molar-refractivity contribution in [1.29, 1.82) is 0 Å². The smallest absolute Gasteiger partial charge is 0 e. The summed E-state index contributed by atoms with van der Waals surface area (Å²) in [5.74, 6) is 0. The summed E-state index contributed by atoms with van der Waals surface area (Å²) in [4.78, 5) is 0. The topological polar surface area (TPSA) is 0 Å². The molecule has 0 aliphatic rings. The van der Waals surface area contributed by atoms with Crippen LogP contribution in [0.25, 0.3) is 0 Å². The molecule has 0 atom stereocenters. The number of hydrogen-bond donors (Lipinski definition) is 0. The van der Waals surface area contributed by atoms with Crippen LogP contribution in [-0.2, 0) is 49.5 Å². The van der Waals surface area contributed by atoms with E-state index >= 15 is 0 Å². The van der Waals surface area contributed by atoms with Gasteiger partial charge in [0, 0.05) is 49.5 Å². The van der Waals surface area contributed by atoms with Gasteiger partial charge in [0.05, 0.1) is 0 Å². The average molecular weight is 315 g/mol. The van der Waals surface area contributed by atoms with Gasteiger partial charge in [-0.15, -0.1) is 0 Å². The van der Waals surface area contributed by atoms with Crippen LogP contribution in [0.15, 0.2) is 0 Å². The van der Waals surface area contributed by atoms with E-state index < -0.39 is 0 Å². The molecule has 4 heteroatoms. The molecule has 0 spiro atoms. The van der Waals surface area contributed by atoms with Crippen molar-refractivity contribution in [3.05, 3.63) is 0 Å². The van der Waals surface area contributed by atoms with Crippen molar-refractivity contribution in [3.63, 3.8) is 0 Å². The quantitative estimate of drug-likeness (QED) is 0.552. The van der Waals surface area contributed by atoms with Crippen molar-refractivity contribution < 1.29 is 85.1 Å². The summed E-state index contributed by atoms with van der Waals surface area (Å²) in [7, 11) is 0. The fourth-order valence-electron chi connectivity index (χ4n) is 0. The molecule has 0 aliphatic carbocycles. The Morgan fingerprint density at radius 3 is 0.500 bits per heavy atom. The van der Waals surface area contributed by atoms with E-state index in [9.17, 15) is 0 Å².